The highest BCUT2D eigenvalue weighted by molar-refractivity contribution is 9.10. The molecular formula is C12H15BrOS. The number of thioether (sulfide) groups is 1. The smallest absolute Gasteiger partial charge is 0.0666 e. The Morgan fingerprint density at radius 1 is 1.47 bits per heavy atom. The summed E-state index contributed by atoms with van der Waals surface area (Å²) in [6.45, 7) is 3.10. The van der Waals surface area contributed by atoms with Crippen LogP contribution in [0.1, 0.15) is 18.9 Å². The molecule has 0 radical (unpaired) electrons. The topological polar surface area (TPSA) is 9.23 Å². The minimum Gasteiger partial charge on any atom is -0.377 e. The Morgan fingerprint density at radius 3 is 2.93 bits per heavy atom. The molecule has 15 heavy (non-hydrogen) atoms. The van der Waals surface area contributed by atoms with Gasteiger partial charge in [0, 0.05) is 22.1 Å². The van der Waals surface area contributed by atoms with Crippen LogP contribution < -0.4 is 0 Å². The van der Waals surface area contributed by atoms with Crippen LogP contribution in [0.4, 0.5) is 0 Å². The number of hydrogen-bond donors (Lipinski definition) is 0. The van der Waals surface area contributed by atoms with Crippen molar-refractivity contribution in [2.45, 2.75) is 30.5 Å². The predicted octanol–water partition coefficient (Wildman–Crippen LogP) is 3.86. The molecule has 2 atom stereocenters. The predicted molar refractivity (Wildman–Crippen MR) is 69.3 cm³/mol. The number of rotatable bonds is 3. The van der Waals surface area contributed by atoms with Crippen LogP contribution in [0.25, 0.3) is 0 Å². The van der Waals surface area contributed by atoms with E-state index < -0.39 is 0 Å². The molecule has 2 rings (SSSR count). The van der Waals surface area contributed by atoms with Gasteiger partial charge in [0.05, 0.1) is 6.10 Å². The van der Waals surface area contributed by atoms with E-state index in [2.05, 4.69) is 47.1 Å². The van der Waals surface area contributed by atoms with Crippen LogP contribution in [0.2, 0.25) is 0 Å². The maximum atomic E-state index is 5.55. The zero-order valence-corrected chi connectivity index (χ0v) is 11.2. The monoisotopic (exact) mass is 286 g/mol. The summed E-state index contributed by atoms with van der Waals surface area (Å²) < 4.78 is 6.76. The van der Waals surface area contributed by atoms with Gasteiger partial charge < -0.3 is 4.74 Å². The first-order chi connectivity index (χ1) is 7.27. The molecule has 2 unspecified atom stereocenters. The third kappa shape index (κ3) is 2.99. The number of halogens is 1. The Hall–Kier alpha value is 0.01000. The molecule has 1 fully saturated rings. The molecule has 1 nitrogen and oxygen atoms in total. The highest BCUT2D eigenvalue weighted by Crippen LogP contribution is 2.30. The average Bonchev–Trinajstić information content (AvgIpc) is 2.63. The lowest BCUT2D eigenvalue weighted by Crippen LogP contribution is -2.13. The van der Waals surface area contributed by atoms with Crippen LogP contribution >= 0.6 is 27.7 Å². The van der Waals surface area contributed by atoms with E-state index in [9.17, 15) is 0 Å². The maximum absolute atomic E-state index is 5.55. The quantitative estimate of drug-likeness (QED) is 0.835. The highest BCUT2D eigenvalue weighted by atomic mass is 79.9. The standard InChI is InChI=1S/C12H15BrOS/c1-9-12(6-7-14-9)15-8-10-4-2-3-5-11(10)13/h2-5,9,12H,6-8H2,1H3. The summed E-state index contributed by atoms with van der Waals surface area (Å²) in [5.74, 6) is 1.07. The van der Waals surface area contributed by atoms with Crippen LogP contribution in [0, 0.1) is 0 Å². The second-order valence-electron chi connectivity index (χ2n) is 3.81. The first-order valence-electron chi connectivity index (χ1n) is 5.24. The van der Waals surface area contributed by atoms with E-state index in [4.69, 9.17) is 4.74 Å². The van der Waals surface area contributed by atoms with Crippen LogP contribution in [0.5, 0.6) is 0 Å². The van der Waals surface area contributed by atoms with Crippen molar-refractivity contribution < 1.29 is 4.74 Å². The molecule has 0 aliphatic carbocycles. The molecule has 1 heterocycles. The van der Waals surface area contributed by atoms with E-state index in [1.54, 1.807) is 0 Å². The van der Waals surface area contributed by atoms with Gasteiger partial charge in [0.2, 0.25) is 0 Å². The van der Waals surface area contributed by atoms with Crippen LogP contribution in [0.3, 0.4) is 0 Å². The Kier molecular flexibility index (Phi) is 4.12. The van der Waals surface area contributed by atoms with E-state index >= 15 is 0 Å². The van der Waals surface area contributed by atoms with Gasteiger partial charge in [0.1, 0.15) is 0 Å². The van der Waals surface area contributed by atoms with Crippen molar-refractivity contribution in [1.82, 2.24) is 0 Å². The molecule has 1 saturated heterocycles. The van der Waals surface area contributed by atoms with Gasteiger partial charge in [-0.25, -0.2) is 0 Å². The van der Waals surface area contributed by atoms with E-state index in [1.165, 1.54) is 16.5 Å². The van der Waals surface area contributed by atoms with E-state index in [0.717, 1.165) is 12.4 Å². The highest BCUT2D eigenvalue weighted by Gasteiger charge is 2.24. The minimum atomic E-state index is 0.414. The molecule has 0 N–H and O–H groups in total. The Bertz CT molecular complexity index is 329. The van der Waals surface area contributed by atoms with Gasteiger partial charge in [0.15, 0.2) is 0 Å². The van der Waals surface area contributed by atoms with E-state index in [1.807, 2.05) is 11.8 Å². The molecule has 3 heteroatoms. The van der Waals surface area contributed by atoms with E-state index in [-0.39, 0.29) is 0 Å². The second-order valence-corrected chi connectivity index (χ2v) is 5.89. The molecule has 0 amide bonds. The summed E-state index contributed by atoms with van der Waals surface area (Å²) in [5.41, 5.74) is 1.38. The second kappa shape index (κ2) is 5.37. The lowest BCUT2D eigenvalue weighted by atomic mass is 10.2. The Morgan fingerprint density at radius 2 is 2.27 bits per heavy atom. The summed E-state index contributed by atoms with van der Waals surface area (Å²) in [7, 11) is 0. The Balaban J connectivity index is 1.90. The third-order valence-electron chi connectivity index (χ3n) is 2.72. The van der Waals surface area contributed by atoms with Crippen molar-refractivity contribution >= 4 is 27.7 Å². The third-order valence-corrected chi connectivity index (χ3v) is 5.02. The fraction of sp³-hybridized carbons (Fsp3) is 0.500. The fourth-order valence-electron chi connectivity index (χ4n) is 1.74. The fourth-order valence-corrected chi connectivity index (χ4v) is 3.61. The van der Waals surface area contributed by atoms with Gasteiger partial charge in [0.25, 0.3) is 0 Å². The summed E-state index contributed by atoms with van der Waals surface area (Å²) >= 11 is 5.58. The molecule has 0 aromatic heterocycles. The molecular weight excluding hydrogens is 272 g/mol. The minimum absolute atomic E-state index is 0.414. The molecule has 0 saturated carbocycles. The number of benzene rings is 1. The van der Waals surface area contributed by atoms with Crippen LogP contribution in [-0.2, 0) is 10.5 Å². The van der Waals surface area contributed by atoms with Gasteiger partial charge in [-0.05, 0) is 25.0 Å². The molecule has 1 aliphatic heterocycles. The molecule has 1 aromatic rings. The lowest BCUT2D eigenvalue weighted by molar-refractivity contribution is 0.127. The summed E-state index contributed by atoms with van der Waals surface area (Å²) in [6.07, 6.45) is 1.61. The average molecular weight is 287 g/mol. The van der Waals surface area contributed by atoms with Crippen molar-refractivity contribution in [3.63, 3.8) is 0 Å². The van der Waals surface area contributed by atoms with Gasteiger partial charge in [-0.1, -0.05) is 34.1 Å². The molecule has 0 bridgehead atoms. The SMILES string of the molecule is CC1OCCC1SCc1ccccc1Br. The lowest BCUT2D eigenvalue weighted by Gasteiger charge is -2.13. The van der Waals surface area contributed by atoms with Crippen molar-refractivity contribution in [1.29, 1.82) is 0 Å². The molecule has 82 valence electrons. The van der Waals surface area contributed by atoms with Crippen LogP contribution in [0.15, 0.2) is 28.7 Å². The summed E-state index contributed by atoms with van der Waals surface area (Å²) in [4.78, 5) is 0. The van der Waals surface area contributed by atoms with Gasteiger partial charge >= 0.3 is 0 Å². The summed E-state index contributed by atoms with van der Waals surface area (Å²) in [6, 6.07) is 8.43. The zero-order chi connectivity index (χ0) is 10.7. The summed E-state index contributed by atoms with van der Waals surface area (Å²) in [5, 5.41) is 0.664. The van der Waals surface area contributed by atoms with Crippen molar-refractivity contribution in [3.8, 4) is 0 Å². The van der Waals surface area contributed by atoms with E-state index in [0.29, 0.717) is 11.4 Å². The molecule has 1 aliphatic rings. The van der Waals surface area contributed by atoms with Crippen molar-refractivity contribution in [2.75, 3.05) is 6.61 Å². The maximum Gasteiger partial charge on any atom is 0.0666 e. The first kappa shape index (κ1) is 11.5. The van der Waals surface area contributed by atoms with Gasteiger partial charge in [-0.15, -0.1) is 0 Å². The van der Waals surface area contributed by atoms with Crippen LogP contribution in [-0.4, -0.2) is 18.0 Å². The van der Waals surface area contributed by atoms with Gasteiger partial charge in [-0.2, -0.15) is 11.8 Å². The molecule has 1 aromatic carbocycles. The molecule has 0 spiro atoms. The largest absolute Gasteiger partial charge is 0.377 e. The van der Waals surface area contributed by atoms with Gasteiger partial charge in [-0.3, -0.25) is 0 Å². The first-order valence-corrected chi connectivity index (χ1v) is 7.08. The zero-order valence-electron chi connectivity index (χ0n) is 8.78. The normalized spacial score (nSPS) is 25.7. The van der Waals surface area contributed by atoms with Crippen molar-refractivity contribution in [3.05, 3.63) is 34.3 Å². The Labute approximate surface area is 104 Å². The number of hydrogen-bond acceptors (Lipinski definition) is 2. The number of ether oxygens (including phenoxy) is 1. The van der Waals surface area contributed by atoms with Crippen molar-refractivity contribution in [2.24, 2.45) is 0 Å².